The number of ether oxygens (including phenoxy) is 2. The van der Waals surface area contributed by atoms with Crippen LogP contribution in [0.3, 0.4) is 0 Å². The van der Waals surface area contributed by atoms with Gasteiger partial charge >= 0.3 is 11.9 Å². The third kappa shape index (κ3) is 10.8. The van der Waals surface area contributed by atoms with E-state index in [2.05, 4.69) is 31.2 Å². The van der Waals surface area contributed by atoms with E-state index >= 15 is 0 Å². The van der Waals surface area contributed by atoms with E-state index in [0.717, 1.165) is 11.1 Å². The average Bonchev–Trinajstić information content (AvgIpc) is 3.15. The number of thioether (sulfide) groups is 2. The van der Waals surface area contributed by atoms with Gasteiger partial charge in [-0.3, -0.25) is 28.3 Å². The van der Waals surface area contributed by atoms with Crippen LogP contribution in [0.15, 0.2) is 72.9 Å². The lowest BCUT2D eigenvalue weighted by atomic mass is 9.83. The fourth-order valence-corrected chi connectivity index (χ4v) is 7.60. The van der Waals surface area contributed by atoms with Crippen molar-refractivity contribution in [3.63, 3.8) is 0 Å². The number of rotatable bonds is 13. The molecular weight excluding hydrogens is 818 g/mol. The van der Waals surface area contributed by atoms with Gasteiger partial charge < -0.3 is 20.5 Å². The molecule has 296 valence electrons. The minimum Gasteiger partial charge on any atom is -0.465 e. The summed E-state index contributed by atoms with van der Waals surface area (Å²) < 4.78 is 39.2. The highest BCUT2D eigenvalue weighted by Crippen LogP contribution is 2.36. The zero-order chi connectivity index (χ0) is 40.5. The second-order valence-corrected chi connectivity index (χ2v) is 15.4. The Labute approximate surface area is 335 Å². The van der Waals surface area contributed by atoms with Crippen molar-refractivity contribution in [3.8, 4) is 0 Å². The zero-order valence-electron chi connectivity index (χ0n) is 31.5. The molecule has 0 saturated carbocycles. The fourth-order valence-electron chi connectivity index (χ4n) is 5.96. The van der Waals surface area contributed by atoms with E-state index in [1.165, 1.54) is 56.9 Å². The van der Waals surface area contributed by atoms with Crippen LogP contribution in [0.25, 0.3) is 0 Å². The molecular formula is C38H45BrF2N6O6S2. The largest absolute Gasteiger partial charge is 0.465 e. The summed E-state index contributed by atoms with van der Waals surface area (Å²) in [6.45, 7) is 7.37. The summed E-state index contributed by atoms with van der Waals surface area (Å²) in [6.07, 6.45) is 5.86. The third-order valence-corrected chi connectivity index (χ3v) is 11.2. The summed E-state index contributed by atoms with van der Waals surface area (Å²) in [5.41, 5.74) is 7.84. The van der Waals surface area contributed by atoms with Gasteiger partial charge in [0.1, 0.15) is 34.9 Å². The molecule has 0 amide bonds. The molecule has 12 nitrogen and oxygen atoms in total. The molecule has 55 heavy (non-hydrogen) atoms. The van der Waals surface area contributed by atoms with E-state index in [1.54, 1.807) is 44.4 Å². The van der Waals surface area contributed by atoms with Crippen LogP contribution in [0.5, 0.6) is 0 Å². The Morgan fingerprint density at radius 3 is 1.95 bits per heavy atom. The Bertz CT molecular complexity index is 2120. The molecule has 0 aliphatic carbocycles. The minimum absolute atomic E-state index is 0.182. The molecule has 0 fully saturated rings. The Balaban J connectivity index is 0.000000245. The van der Waals surface area contributed by atoms with Crippen LogP contribution >= 0.6 is 39.5 Å². The number of aromatic nitrogens is 4. The Morgan fingerprint density at radius 2 is 1.42 bits per heavy atom. The van der Waals surface area contributed by atoms with Gasteiger partial charge in [0.25, 0.3) is 11.1 Å². The molecule has 17 heteroatoms. The van der Waals surface area contributed by atoms with Crippen molar-refractivity contribution in [2.24, 2.45) is 5.73 Å². The third-order valence-electron chi connectivity index (χ3n) is 9.04. The van der Waals surface area contributed by atoms with Gasteiger partial charge in [0.2, 0.25) is 0 Å². The second-order valence-electron chi connectivity index (χ2n) is 13.1. The SMILES string of the molecule is CCOC(=O)Cn1c(SC)nc(CC[C@@](C)(N)c2ccc(F)cc2)c(Br)c1=O.CCOC(=O)Cn1c(SC)nc2c(c1=O)N[C@@](C)(c1ccc(F)cc1)CC2. The smallest absolute Gasteiger partial charge is 0.326 e. The van der Waals surface area contributed by atoms with Crippen molar-refractivity contribution in [1.29, 1.82) is 0 Å². The first-order valence-corrected chi connectivity index (χ1v) is 20.7. The Hall–Kier alpha value is -4.06. The van der Waals surface area contributed by atoms with Gasteiger partial charge in [0.15, 0.2) is 10.3 Å². The number of carbonyl (C=O) groups excluding carboxylic acids is 2. The van der Waals surface area contributed by atoms with Crippen LogP contribution in [-0.2, 0) is 56.1 Å². The molecule has 3 N–H and O–H groups in total. The average molecular weight is 864 g/mol. The van der Waals surface area contributed by atoms with Crippen LogP contribution in [0.2, 0.25) is 0 Å². The van der Waals surface area contributed by atoms with Gasteiger partial charge in [-0.1, -0.05) is 47.8 Å². The van der Waals surface area contributed by atoms with Crippen molar-refractivity contribution >= 4 is 57.1 Å². The Morgan fingerprint density at radius 1 is 0.909 bits per heavy atom. The van der Waals surface area contributed by atoms with Gasteiger partial charge in [-0.15, -0.1) is 0 Å². The van der Waals surface area contributed by atoms with E-state index in [1.807, 2.05) is 20.1 Å². The summed E-state index contributed by atoms with van der Waals surface area (Å²) in [5, 5.41) is 4.21. The van der Waals surface area contributed by atoms with E-state index < -0.39 is 23.0 Å². The molecule has 2 aromatic heterocycles. The molecule has 2 atom stereocenters. The second kappa shape index (κ2) is 19.2. The Kier molecular flexibility index (Phi) is 15.2. The van der Waals surface area contributed by atoms with Crippen LogP contribution in [0.1, 0.15) is 63.1 Å². The summed E-state index contributed by atoms with van der Waals surface area (Å²) in [5.74, 6) is -1.60. The zero-order valence-corrected chi connectivity index (χ0v) is 34.8. The van der Waals surface area contributed by atoms with Gasteiger partial charge in [-0.25, -0.2) is 18.7 Å². The number of fused-ring (bicyclic) bond motifs is 1. The number of esters is 2. The highest BCUT2D eigenvalue weighted by atomic mass is 79.9. The van der Waals surface area contributed by atoms with E-state index in [4.69, 9.17) is 15.2 Å². The lowest BCUT2D eigenvalue weighted by Gasteiger charge is -2.37. The quantitative estimate of drug-likeness (QED) is 0.0895. The van der Waals surface area contributed by atoms with Gasteiger partial charge in [-0.2, -0.15) is 0 Å². The number of hydrogen-bond donors (Lipinski definition) is 2. The maximum atomic E-state index is 13.3. The lowest BCUT2D eigenvalue weighted by molar-refractivity contribution is -0.145. The molecule has 1 aliphatic rings. The number of nitrogens with two attached hydrogens (primary N) is 1. The summed E-state index contributed by atoms with van der Waals surface area (Å²) >= 11 is 5.90. The number of nitrogens with one attached hydrogen (secondary N) is 1. The van der Waals surface area contributed by atoms with Crippen molar-refractivity contribution in [1.82, 2.24) is 19.1 Å². The molecule has 0 saturated heterocycles. The fraction of sp³-hybridized carbons (Fsp3) is 0.421. The number of halogens is 3. The van der Waals surface area contributed by atoms with Gasteiger partial charge in [0.05, 0.1) is 30.1 Å². The monoisotopic (exact) mass is 862 g/mol. The van der Waals surface area contributed by atoms with Gasteiger partial charge in [-0.05, 0) is 117 Å². The first-order chi connectivity index (χ1) is 26.1. The number of anilines is 1. The highest BCUT2D eigenvalue weighted by molar-refractivity contribution is 9.10. The predicted molar refractivity (Wildman–Crippen MR) is 213 cm³/mol. The van der Waals surface area contributed by atoms with Crippen molar-refractivity contribution in [3.05, 3.63) is 108 Å². The van der Waals surface area contributed by atoms with Gasteiger partial charge in [0, 0.05) is 5.54 Å². The highest BCUT2D eigenvalue weighted by Gasteiger charge is 2.34. The number of carbonyl (C=O) groups is 2. The van der Waals surface area contributed by atoms with E-state index in [9.17, 15) is 28.0 Å². The molecule has 4 aromatic rings. The number of hydrogen-bond acceptors (Lipinski definition) is 12. The number of benzene rings is 2. The molecule has 1 aliphatic heterocycles. The van der Waals surface area contributed by atoms with Crippen molar-refractivity contribution < 1.29 is 27.8 Å². The first-order valence-electron chi connectivity index (χ1n) is 17.5. The van der Waals surface area contributed by atoms with Crippen LogP contribution in [0, 0.1) is 11.6 Å². The summed E-state index contributed by atoms with van der Waals surface area (Å²) in [4.78, 5) is 58.6. The molecule has 0 radical (unpaired) electrons. The molecule has 0 bridgehead atoms. The maximum absolute atomic E-state index is 13.3. The summed E-state index contributed by atoms with van der Waals surface area (Å²) in [6, 6.07) is 12.3. The standard InChI is InChI=1S/C19H23BrFN3O3S.C19H22FN3O3S/c1-4-27-15(25)11-24-17(26)16(20)14(23-18(24)28-3)9-10-19(2,22)12-5-7-13(21)8-6-12;1-4-26-15(24)11-23-17(25)16-14(21-18(23)27-3)9-10-19(2,22-16)12-5-7-13(20)8-6-12/h5-8H,4,9-11,22H2,1-3H3;5-8,22H,4,9-11H2,1-3H3/t2*19-/m11/s1. The van der Waals surface area contributed by atoms with Crippen LogP contribution in [0.4, 0.5) is 14.5 Å². The maximum Gasteiger partial charge on any atom is 0.326 e. The number of aryl methyl sites for hydroxylation is 2. The van der Waals surface area contributed by atoms with E-state index in [-0.39, 0.29) is 49.1 Å². The number of nitrogens with zero attached hydrogens (tertiary/aromatic N) is 4. The molecule has 5 rings (SSSR count). The molecule has 2 aromatic carbocycles. The molecule has 0 unspecified atom stereocenters. The van der Waals surface area contributed by atoms with Crippen LogP contribution < -0.4 is 22.2 Å². The summed E-state index contributed by atoms with van der Waals surface area (Å²) in [7, 11) is 0. The topological polar surface area (TPSA) is 160 Å². The molecule has 3 heterocycles. The lowest BCUT2D eigenvalue weighted by Crippen LogP contribution is -2.41. The van der Waals surface area contributed by atoms with E-state index in [0.29, 0.717) is 57.5 Å². The normalized spacial score (nSPS) is 15.8. The van der Waals surface area contributed by atoms with Crippen molar-refractivity contribution in [2.45, 2.75) is 87.9 Å². The molecule has 0 spiro atoms. The minimum atomic E-state index is -0.714. The predicted octanol–water partition coefficient (Wildman–Crippen LogP) is 6.18. The van der Waals surface area contributed by atoms with Crippen molar-refractivity contribution in [2.75, 3.05) is 31.0 Å². The first kappa shape index (κ1) is 43.7. The van der Waals surface area contributed by atoms with Crippen LogP contribution in [-0.4, -0.2) is 56.8 Å².